The number of nitrogens with one attached hydrogen (secondary N) is 1. The monoisotopic (exact) mass is 554 g/mol. The lowest BCUT2D eigenvalue weighted by atomic mass is 9.95. The summed E-state index contributed by atoms with van der Waals surface area (Å²) in [5.41, 5.74) is 2.21. The highest BCUT2D eigenvalue weighted by Crippen LogP contribution is 2.50. The van der Waals surface area contributed by atoms with E-state index in [4.69, 9.17) is 18.9 Å². The first kappa shape index (κ1) is 28.1. The fourth-order valence-electron chi connectivity index (χ4n) is 4.85. The van der Waals surface area contributed by atoms with Crippen molar-refractivity contribution in [1.82, 2.24) is 5.32 Å². The largest absolute Gasteiger partial charge is 0.493 e. The van der Waals surface area contributed by atoms with Crippen LogP contribution >= 0.6 is 0 Å². The fourth-order valence-corrected chi connectivity index (χ4v) is 4.85. The van der Waals surface area contributed by atoms with Crippen molar-refractivity contribution < 1.29 is 38.1 Å². The number of halogens is 1. The van der Waals surface area contributed by atoms with Gasteiger partial charge >= 0.3 is 0 Å². The second kappa shape index (κ2) is 11.9. The van der Waals surface area contributed by atoms with E-state index in [9.17, 15) is 24.1 Å². The number of hydrogen-bond acceptors (Lipinski definition) is 9. The average Bonchev–Trinajstić information content (AvgIpc) is 3.18. The van der Waals surface area contributed by atoms with Gasteiger partial charge in [0, 0.05) is 11.1 Å². The topological polar surface area (TPSA) is 135 Å². The van der Waals surface area contributed by atoms with Gasteiger partial charge in [0.15, 0.2) is 17.2 Å². The van der Waals surface area contributed by atoms with Crippen LogP contribution in [0.2, 0.25) is 0 Å². The zero-order valence-electron chi connectivity index (χ0n) is 22.2. The van der Waals surface area contributed by atoms with Crippen LogP contribution in [0.4, 0.5) is 4.39 Å². The number of methoxy groups -OCH3 is 4. The Morgan fingerprint density at radius 1 is 1.00 bits per heavy atom. The molecule has 0 heterocycles. The minimum atomic E-state index is -1.00. The molecule has 40 heavy (non-hydrogen) atoms. The van der Waals surface area contributed by atoms with Gasteiger partial charge in [-0.25, -0.2) is 4.39 Å². The number of nitrogens with zero attached hydrogens (tertiary/aromatic N) is 1. The Labute approximate surface area is 228 Å². The van der Waals surface area contributed by atoms with Gasteiger partial charge in [-0.15, -0.1) is 10.1 Å². The van der Waals surface area contributed by atoms with Crippen LogP contribution in [-0.4, -0.2) is 39.4 Å². The molecule has 0 aliphatic heterocycles. The quantitative estimate of drug-likeness (QED) is 0.307. The molecule has 1 N–H and O–H groups in total. The summed E-state index contributed by atoms with van der Waals surface area (Å²) in [6, 6.07) is 9.14. The maximum absolute atomic E-state index is 14.3. The van der Waals surface area contributed by atoms with Gasteiger partial charge in [-0.3, -0.25) is 9.59 Å². The Morgan fingerprint density at radius 3 is 2.38 bits per heavy atom. The molecule has 210 valence electrons. The lowest BCUT2D eigenvalue weighted by molar-refractivity contribution is -0.763. The summed E-state index contributed by atoms with van der Waals surface area (Å²) >= 11 is 0. The number of fused-ring (bicyclic) bond motifs is 3. The van der Waals surface area contributed by atoms with Crippen LogP contribution in [0.15, 0.2) is 47.3 Å². The van der Waals surface area contributed by atoms with Crippen molar-refractivity contribution in [2.24, 2.45) is 0 Å². The van der Waals surface area contributed by atoms with E-state index in [-0.39, 0.29) is 16.9 Å². The summed E-state index contributed by atoms with van der Waals surface area (Å²) in [5, 5.41) is 12.5. The molecule has 0 spiro atoms. The molecule has 4 rings (SSSR count). The molecule has 11 nitrogen and oxygen atoms in total. The molecule has 1 atom stereocenters. The van der Waals surface area contributed by atoms with Crippen molar-refractivity contribution in [3.63, 3.8) is 0 Å². The highest BCUT2D eigenvalue weighted by Gasteiger charge is 2.30. The van der Waals surface area contributed by atoms with Crippen molar-refractivity contribution in [1.29, 1.82) is 0 Å². The Balaban J connectivity index is 1.84. The van der Waals surface area contributed by atoms with Crippen LogP contribution < -0.4 is 29.7 Å². The maximum Gasteiger partial charge on any atom is 0.294 e. The smallest absolute Gasteiger partial charge is 0.294 e. The molecule has 12 heteroatoms. The van der Waals surface area contributed by atoms with Gasteiger partial charge in [-0.2, -0.15) is 0 Å². The van der Waals surface area contributed by atoms with E-state index < -0.39 is 34.9 Å². The van der Waals surface area contributed by atoms with E-state index >= 15 is 0 Å². The van der Waals surface area contributed by atoms with Gasteiger partial charge < -0.3 is 29.1 Å². The van der Waals surface area contributed by atoms with Crippen LogP contribution in [-0.2, 0) is 17.9 Å². The molecular weight excluding hydrogens is 527 g/mol. The normalized spacial score (nSPS) is 13.7. The molecule has 0 unspecified atom stereocenters. The SMILES string of the molecule is COc1cc2c(c(OC)c1OC)-c1ccc(OC)c(=O)cc1[C@@H](NC(=O)c1cc(F)cc(CO[N+](=O)[O-])c1)CC2. The van der Waals surface area contributed by atoms with Gasteiger partial charge in [-0.1, -0.05) is 6.07 Å². The zero-order chi connectivity index (χ0) is 29.0. The first-order valence-electron chi connectivity index (χ1n) is 12.1. The number of carbonyl (C=O) groups excluding carboxylic acids is 1. The fraction of sp³-hybridized carbons (Fsp3) is 0.286. The maximum atomic E-state index is 14.3. The van der Waals surface area contributed by atoms with Crippen molar-refractivity contribution >= 4 is 5.91 Å². The summed E-state index contributed by atoms with van der Waals surface area (Å²) in [4.78, 5) is 41.2. The summed E-state index contributed by atoms with van der Waals surface area (Å²) in [6.45, 7) is -0.523. The van der Waals surface area contributed by atoms with E-state index in [2.05, 4.69) is 10.2 Å². The average molecular weight is 555 g/mol. The first-order valence-corrected chi connectivity index (χ1v) is 12.1. The third kappa shape index (κ3) is 5.60. The number of carbonyl (C=O) groups is 1. The minimum absolute atomic E-state index is 0.0635. The van der Waals surface area contributed by atoms with Gasteiger partial charge in [0.1, 0.15) is 12.4 Å². The third-order valence-electron chi connectivity index (χ3n) is 6.58. The van der Waals surface area contributed by atoms with Crippen LogP contribution in [0.5, 0.6) is 23.0 Å². The lowest BCUT2D eigenvalue weighted by Crippen LogP contribution is -2.29. The molecule has 0 saturated heterocycles. The van der Waals surface area contributed by atoms with Gasteiger partial charge in [-0.05, 0) is 71.5 Å². The van der Waals surface area contributed by atoms with Crippen molar-refractivity contribution in [2.75, 3.05) is 28.4 Å². The van der Waals surface area contributed by atoms with Crippen LogP contribution in [0.3, 0.4) is 0 Å². The minimum Gasteiger partial charge on any atom is -0.493 e. The van der Waals surface area contributed by atoms with Crippen molar-refractivity contribution in [3.05, 3.63) is 90.9 Å². The van der Waals surface area contributed by atoms with E-state index in [1.165, 1.54) is 40.6 Å². The molecule has 0 radical (unpaired) electrons. The van der Waals surface area contributed by atoms with Gasteiger partial charge in [0.05, 0.1) is 34.5 Å². The molecule has 1 aliphatic rings. The second-order valence-electron chi connectivity index (χ2n) is 8.87. The van der Waals surface area contributed by atoms with Crippen LogP contribution in [0.25, 0.3) is 11.1 Å². The summed E-state index contributed by atoms with van der Waals surface area (Å²) in [6.07, 6.45) is 0.814. The third-order valence-corrected chi connectivity index (χ3v) is 6.58. The number of ether oxygens (including phenoxy) is 4. The van der Waals surface area contributed by atoms with Crippen molar-refractivity contribution in [2.45, 2.75) is 25.5 Å². The molecular formula is C28H27FN2O9. The second-order valence-corrected chi connectivity index (χ2v) is 8.87. The Kier molecular flexibility index (Phi) is 8.37. The predicted octanol–water partition coefficient (Wildman–Crippen LogP) is 4.01. The Hall–Kier alpha value is -4.87. The number of rotatable bonds is 9. The Bertz CT molecular complexity index is 1530. The van der Waals surface area contributed by atoms with Gasteiger partial charge in [0.25, 0.3) is 11.0 Å². The standard InChI is InChI=1S/C28H27FN2O9/c1-36-23-8-6-19-20(13-22(23)32)21(7-5-16-12-24(37-2)26(38-3)27(39-4)25(16)19)30-28(33)17-9-15(10-18(29)11-17)14-40-31(34)35/h6,8-13,21H,5,7,14H2,1-4H3,(H,30,33)/t21-/m0/s1. The highest BCUT2D eigenvalue weighted by molar-refractivity contribution is 5.95. The van der Waals surface area contributed by atoms with Crippen LogP contribution in [0.1, 0.15) is 39.5 Å². The molecule has 3 aromatic carbocycles. The number of hydrogen-bond donors (Lipinski definition) is 1. The van der Waals surface area contributed by atoms with Crippen LogP contribution in [0, 0.1) is 15.9 Å². The van der Waals surface area contributed by atoms with E-state index in [0.717, 1.165) is 17.7 Å². The predicted molar refractivity (Wildman–Crippen MR) is 141 cm³/mol. The van der Waals surface area contributed by atoms with Gasteiger partial charge in [0.2, 0.25) is 11.2 Å². The Morgan fingerprint density at radius 2 is 1.73 bits per heavy atom. The molecule has 3 aromatic rings. The summed E-state index contributed by atoms with van der Waals surface area (Å²) < 4.78 is 36.4. The molecule has 0 fully saturated rings. The van der Waals surface area contributed by atoms with E-state index in [0.29, 0.717) is 46.8 Å². The number of amides is 1. The zero-order valence-corrected chi connectivity index (χ0v) is 22.2. The molecule has 0 aromatic heterocycles. The lowest BCUT2D eigenvalue weighted by Gasteiger charge is -2.20. The summed E-state index contributed by atoms with van der Waals surface area (Å²) in [5.74, 6) is -0.0963. The molecule has 0 saturated carbocycles. The first-order chi connectivity index (χ1) is 19.2. The molecule has 1 aliphatic carbocycles. The molecule has 0 bridgehead atoms. The van der Waals surface area contributed by atoms with E-state index in [1.807, 2.05) is 6.07 Å². The van der Waals surface area contributed by atoms with E-state index in [1.54, 1.807) is 12.1 Å². The summed E-state index contributed by atoms with van der Waals surface area (Å²) in [7, 11) is 5.87. The number of benzene rings is 2. The van der Waals surface area contributed by atoms with Crippen molar-refractivity contribution in [3.8, 4) is 34.1 Å². The number of aryl methyl sites for hydroxylation is 1. The molecule has 1 amide bonds. The highest BCUT2D eigenvalue weighted by atomic mass is 19.1.